The van der Waals surface area contributed by atoms with Crippen LogP contribution in [0.1, 0.15) is 27.3 Å². The molecular weight excluding hydrogens is 436 g/mol. The molecule has 0 bridgehead atoms. The van der Waals surface area contributed by atoms with E-state index in [1.807, 2.05) is 61.5 Å². The van der Waals surface area contributed by atoms with Crippen molar-refractivity contribution in [2.24, 2.45) is 0 Å². The number of hydrogen-bond donors (Lipinski definition) is 2. The van der Waals surface area contributed by atoms with Gasteiger partial charge in [-0.15, -0.1) is 0 Å². The van der Waals surface area contributed by atoms with E-state index in [2.05, 4.69) is 19.6 Å². The van der Waals surface area contributed by atoms with Gasteiger partial charge in [-0.1, -0.05) is 48.5 Å². The highest BCUT2D eigenvalue weighted by Crippen LogP contribution is 2.17. The summed E-state index contributed by atoms with van der Waals surface area (Å²) in [5.41, 5.74) is 3.83. The summed E-state index contributed by atoms with van der Waals surface area (Å²) in [5.74, 6) is 0.564. The van der Waals surface area contributed by atoms with Crippen LogP contribution in [0.25, 0.3) is 11.0 Å². The first-order chi connectivity index (χ1) is 15.8. The Morgan fingerprint density at radius 3 is 2.48 bits per heavy atom. The molecule has 170 valence electrons. The van der Waals surface area contributed by atoms with Gasteiger partial charge in [-0.3, -0.25) is 4.79 Å². The van der Waals surface area contributed by atoms with Gasteiger partial charge in [-0.25, -0.2) is 18.1 Å². The monoisotopic (exact) mass is 462 g/mol. The first-order valence-electron chi connectivity index (χ1n) is 10.7. The molecule has 0 saturated carbocycles. The first kappa shape index (κ1) is 22.7. The number of amides is 1. The number of carbonyl (C=O) groups excluding carboxylic acids is 1. The van der Waals surface area contributed by atoms with Gasteiger partial charge in [0.25, 0.3) is 5.91 Å². The molecular formula is C25H26N4O3S. The maximum absolute atomic E-state index is 12.8. The molecule has 0 fully saturated rings. The van der Waals surface area contributed by atoms with Crippen molar-refractivity contribution in [2.45, 2.75) is 31.8 Å². The highest BCUT2D eigenvalue weighted by Gasteiger charge is 2.18. The number of hydrogen-bond acceptors (Lipinski definition) is 4. The van der Waals surface area contributed by atoms with Crippen LogP contribution in [-0.2, 0) is 23.1 Å². The van der Waals surface area contributed by atoms with E-state index in [1.54, 1.807) is 13.0 Å². The van der Waals surface area contributed by atoms with E-state index in [9.17, 15) is 13.2 Å². The Bertz CT molecular complexity index is 1400. The van der Waals surface area contributed by atoms with Crippen molar-refractivity contribution >= 4 is 27.0 Å². The Labute approximate surface area is 193 Å². The molecule has 4 rings (SSSR count). The fraction of sp³-hybridized carbons (Fsp3) is 0.200. The van der Waals surface area contributed by atoms with Crippen molar-refractivity contribution in [3.63, 3.8) is 0 Å². The number of imidazole rings is 1. The van der Waals surface area contributed by atoms with E-state index in [4.69, 9.17) is 0 Å². The fourth-order valence-corrected chi connectivity index (χ4v) is 4.77. The van der Waals surface area contributed by atoms with Crippen molar-refractivity contribution in [3.8, 4) is 0 Å². The highest BCUT2D eigenvalue weighted by atomic mass is 32.2. The zero-order valence-corrected chi connectivity index (χ0v) is 19.4. The number of carbonyl (C=O) groups is 1. The van der Waals surface area contributed by atoms with Gasteiger partial charge in [0.1, 0.15) is 5.82 Å². The summed E-state index contributed by atoms with van der Waals surface area (Å²) < 4.78 is 30.2. The number of aromatic nitrogens is 2. The Balaban J connectivity index is 1.44. The second-order valence-corrected chi connectivity index (χ2v) is 9.61. The van der Waals surface area contributed by atoms with Gasteiger partial charge in [0.15, 0.2) is 0 Å². The van der Waals surface area contributed by atoms with Gasteiger partial charge in [-0.2, -0.15) is 0 Å². The summed E-state index contributed by atoms with van der Waals surface area (Å²) in [6.45, 7) is 4.85. The number of benzene rings is 3. The molecule has 8 heteroatoms. The molecule has 0 saturated heterocycles. The van der Waals surface area contributed by atoms with Crippen molar-refractivity contribution in [2.75, 3.05) is 6.54 Å². The number of sulfonamides is 1. The largest absolute Gasteiger partial charge is 0.350 e. The Hall–Kier alpha value is -3.49. The van der Waals surface area contributed by atoms with Crippen LogP contribution in [0.2, 0.25) is 0 Å². The van der Waals surface area contributed by atoms with Crippen LogP contribution in [0.3, 0.4) is 0 Å². The Morgan fingerprint density at radius 2 is 1.70 bits per heavy atom. The van der Waals surface area contributed by atoms with Gasteiger partial charge in [0, 0.05) is 25.2 Å². The average Bonchev–Trinajstić information content (AvgIpc) is 3.13. The van der Waals surface area contributed by atoms with Crippen LogP contribution in [0.4, 0.5) is 0 Å². The predicted molar refractivity (Wildman–Crippen MR) is 128 cm³/mol. The second-order valence-electron chi connectivity index (χ2n) is 7.84. The molecule has 0 aliphatic carbocycles. The lowest BCUT2D eigenvalue weighted by atomic mass is 10.1. The second kappa shape index (κ2) is 9.56. The van der Waals surface area contributed by atoms with E-state index in [0.717, 1.165) is 22.4 Å². The molecule has 33 heavy (non-hydrogen) atoms. The summed E-state index contributed by atoms with van der Waals surface area (Å²) in [5, 5.41) is 2.90. The van der Waals surface area contributed by atoms with Crippen LogP contribution >= 0.6 is 0 Å². The molecule has 0 aliphatic rings. The summed E-state index contributed by atoms with van der Waals surface area (Å²) in [4.78, 5) is 17.4. The molecule has 3 aromatic carbocycles. The molecule has 1 aromatic heterocycles. The van der Waals surface area contributed by atoms with Gasteiger partial charge in [0.2, 0.25) is 10.0 Å². The van der Waals surface area contributed by atoms with Crippen LogP contribution in [0, 0.1) is 13.8 Å². The number of fused-ring (bicyclic) bond motifs is 1. The predicted octanol–water partition coefficient (Wildman–Crippen LogP) is 3.56. The van der Waals surface area contributed by atoms with Crippen molar-refractivity contribution < 1.29 is 13.2 Å². The molecule has 7 nitrogen and oxygen atoms in total. The van der Waals surface area contributed by atoms with Gasteiger partial charge >= 0.3 is 0 Å². The van der Waals surface area contributed by atoms with Gasteiger partial charge in [-0.05, 0) is 49.2 Å². The number of nitrogens with one attached hydrogen (secondary N) is 2. The third-order valence-electron chi connectivity index (χ3n) is 5.54. The molecule has 2 N–H and O–H groups in total. The van der Waals surface area contributed by atoms with E-state index in [1.165, 1.54) is 12.1 Å². The number of nitrogens with zero attached hydrogens (tertiary/aromatic N) is 2. The topological polar surface area (TPSA) is 93.1 Å². The van der Waals surface area contributed by atoms with Crippen LogP contribution in [0.5, 0.6) is 0 Å². The maximum Gasteiger partial charge on any atom is 0.251 e. The summed E-state index contributed by atoms with van der Waals surface area (Å²) >= 11 is 0. The fourth-order valence-electron chi connectivity index (χ4n) is 3.73. The van der Waals surface area contributed by atoms with Gasteiger partial charge < -0.3 is 9.88 Å². The molecule has 0 unspecified atom stereocenters. The lowest BCUT2D eigenvalue weighted by Gasteiger charge is -2.12. The standard InChI is InChI=1S/C25H26N4O3S/c1-18-12-13-21(33(31,32)27-17-20-8-4-3-5-9-20)16-22(18)25(30)26-14-15-29-19(2)28-23-10-6-7-11-24(23)29/h3-13,16,27H,14-15,17H2,1-2H3,(H,26,30). The minimum Gasteiger partial charge on any atom is -0.350 e. The third-order valence-corrected chi connectivity index (χ3v) is 6.94. The molecule has 4 aromatic rings. The van der Waals surface area contributed by atoms with Crippen LogP contribution in [-0.4, -0.2) is 30.4 Å². The summed E-state index contributed by atoms with van der Waals surface area (Å²) in [6, 6.07) is 21.7. The van der Waals surface area contributed by atoms with E-state index < -0.39 is 10.0 Å². The lowest BCUT2D eigenvalue weighted by molar-refractivity contribution is 0.0951. The zero-order chi connectivity index (χ0) is 23.4. The zero-order valence-electron chi connectivity index (χ0n) is 18.6. The number of rotatable bonds is 8. The molecule has 0 radical (unpaired) electrons. The summed E-state index contributed by atoms with van der Waals surface area (Å²) in [7, 11) is -3.76. The smallest absolute Gasteiger partial charge is 0.251 e. The van der Waals surface area contributed by atoms with E-state index >= 15 is 0 Å². The first-order valence-corrected chi connectivity index (χ1v) is 12.2. The van der Waals surface area contributed by atoms with Crippen molar-refractivity contribution in [1.29, 1.82) is 0 Å². The molecule has 1 heterocycles. The maximum atomic E-state index is 12.8. The van der Waals surface area contributed by atoms with E-state index in [0.29, 0.717) is 24.2 Å². The quantitative estimate of drug-likeness (QED) is 0.419. The van der Waals surface area contributed by atoms with Crippen LogP contribution in [0.15, 0.2) is 77.7 Å². The van der Waals surface area contributed by atoms with E-state index in [-0.39, 0.29) is 17.3 Å². The minimum absolute atomic E-state index is 0.0608. The minimum atomic E-state index is -3.76. The molecule has 0 aliphatic heterocycles. The number of para-hydroxylation sites is 2. The van der Waals surface area contributed by atoms with Gasteiger partial charge in [0.05, 0.1) is 15.9 Å². The SMILES string of the molecule is Cc1ccc(S(=O)(=O)NCc2ccccc2)cc1C(=O)NCCn1c(C)nc2ccccc21. The average molecular weight is 463 g/mol. The third kappa shape index (κ3) is 5.13. The molecule has 1 amide bonds. The van der Waals surface area contributed by atoms with Crippen molar-refractivity contribution in [3.05, 3.63) is 95.3 Å². The molecule has 0 spiro atoms. The Kier molecular flexibility index (Phi) is 6.57. The van der Waals surface area contributed by atoms with Crippen LogP contribution < -0.4 is 10.0 Å². The summed E-state index contributed by atoms with van der Waals surface area (Å²) in [6.07, 6.45) is 0. The van der Waals surface area contributed by atoms with Crippen molar-refractivity contribution in [1.82, 2.24) is 19.6 Å². The lowest BCUT2D eigenvalue weighted by Crippen LogP contribution is -2.29. The highest BCUT2D eigenvalue weighted by molar-refractivity contribution is 7.89. The molecule has 0 atom stereocenters. The number of aryl methyl sites for hydroxylation is 2. The Morgan fingerprint density at radius 1 is 0.970 bits per heavy atom. The normalized spacial score (nSPS) is 11.6.